The average molecular weight is 469 g/mol. The van der Waals surface area contributed by atoms with E-state index in [-0.39, 0.29) is 19.1 Å². The first-order valence-corrected chi connectivity index (χ1v) is 11.2. The van der Waals surface area contributed by atoms with Crippen LogP contribution in [0.1, 0.15) is 51.2 Å². The number of hydrogen-bond donors (Lipinski definition) is 4. The lowest BCUT2D eigenvalue weighted by atomic mass is 9.86. The normalized spacial score (nSPS) is 15.4. The number of nitrogens with one attached hydrogen (secondary N) is 2. The van der Waals surface area contributed by atoms with E-state index in [2.05, 4.69) is 10.6 Å². The standard InChI is InChI=1S/C26H32N2O6/c1-25(2,3)22(23(31)27-15-26(4,33)13-21(29)30)28-24(32)34-14-20-18-11-7-5-9-16(18)17-10-6-8-12-19(17)20/h5-12,20,22,33H,13-15H2,1-4H3,(H,27,31)(H,28,32)(H,29,30)/t22-,26?/m0/s1. The van der Waals surface area contributed by atoms with Crippen LogP contribution in [0.25, 0.3) is 11.1 Å². The molecule has 2 aromatic rings. The van der Waals surface area contributed by atoms with Crippen LogP contribution in [0.4, 0.5) is 4.79 Å². The topological polar surface area (TPSA) is 125 Å². The summed E-state index contributed by atoms with van der Waals surface area (Å²) in [5.41, 5.74) is 2.13. The third kappa shape index (κ3) is 5.94. The van der Waals surface area contributed by atoms with Gasteiger partial charge in [0.05, 0.1) is 12.0 Å². The molecule has 0 aliphatic heterocycles. The van der Waals surface area contributed by atoms with Crippen molar-refractivity contribution in [3.63, 3.8) is 0 Å². The van der Waals surface area contributed by atoms with E-state index < -0.39 is 41.4 Å². The summed E-state index contributed by atoms with van der Waals surface area (Å²) in [6.07, 6.45) is -1.25. The molecule has 0 fully saturated rings. The summed E-state index contributed by atoms with van der Waals surface area (Å²) in [6.45, 7) is 6.54. The zero-order valence-corrected chi connectivity index (χ0v) is 19.9. The molecule has 0 radical (unpaired) electrons. The number of fused-ring (bicyclic) bond motifs is 3. The highest BCUT2D eigenvalue weighted by atomic mass is 16.5. The van der Waals surface area contributed by atoms with Crippen molar-refractivity contribution in [3.8, 4) is 11.1 Å². The molecule has 0 saturated heterocycles. The van der Waals surface area contributed by atoms with Crippen molar-refractivity contribution >= 4 is 18.0 Å². The Morgan fingerprint density at radius 3 is 2.00 bits per heavy atom. The first-order chi connectivity index (χ1) is 15.9. The van der Waals surface area contributed by atoms with Gasteiger partial charge in [0.2, 0.25) is 5.91 Å². The summed E-state index contributed by atoms with van der Waals surface area (Å²) < 4.78 is 5.56. The van der Waals surface area contributed by atoms with E-state index >= 15 is 0 Å². The predicted molar refractivity (Wildman–Crippen MR) is 127 cm³/mol. The first kappa shape index (κ1) is 25.2. The minimum atomic E-state index is -1.62. The lowest BCUT2D eigenvalue weighted by molar-refractivity contribution is -0.142. The monoisotopic (exact) mass is 468 g/mol. The van der Waals surface area contributed by atoms with Crippen molar-refractivity contribution in [1.82, 2.24) is 10.6 Å². The molecule has 2 amide bonds. The van der Waals surface area contributed by atoms with Crippen LogP contribution in [0.15, 0.2) is 48.5 Å². The van der Waals surface area contributed by atoms with Gasteiger partial charge in [0.1, 0.15) is 12.6 Å². The minimum Gasteiger partial charge on any atom is -0.481 e. The van der Waals surface area contributed by atoms with Gasteiger partial charge in [-0.1, -0.05) is 69.3 Å². The number of benzene rings is 2. The summed E-state index contributed by atoms with van der Waals surface area (Å²) in [4.78, 5) is 36.4. The Balaban J connectivity index is 1.65. The lowest BCUT2D eigenvalue weighted by Crippen LogP contribution is -2.56. The van der Waals surface area contributed by atoms with Crippen LogP contribution in [-0.4, -0.2) is 53.0 Å². The van der Waals surface area contributed by atoms with Crippen LogP contribution in [-0.2, 0) is 14.3 Å². The predicted octanol–water partition coefficient (Wildman–Crippen LogP) is 3.28. The number of hydrogen-bond acceptors (Lipinski definition) is 5. The summed E-state index contributed by atoms with van der Waals surface area (Å²) in [6, 6.07) is 15.1. The largest absolute Gasteiger partial charge is 0.481 e. The molecule has 2 atom stereocenters. The maximum Gasteiger partial charge on any atom is 0.407 e. The van der Waals surface area contributed by atoms with Gasteiger partial charge in [0.25, 0.3) is 0 Å². The van der Waals surface area contributed by atoms with Crippen LogP contribution in [0.3, 0.4) is 0 Å². The van der Waals surface area contributed by atoms with Gasteiger partial charge in [-0.25, -0.2) is 4.79 Å². The molecule has 1 aliphatic rings. The van der Waals surface area contributed by atoms with Gasteiger partial charge in [-0.15, -0.1) is 0 Å². The molecule has 0 bridgehead atoms. The van der Waals surface area contributed by atoms with Crippen molar-refractivity contribution in [1.29, 1.82) is 0 Å². The number of aliphatic carboxylic acids is 1. The Bertz CT molecular complexity index is 1030. The second-order valence-electron chi connectivity index (χ2n) is 10.1. The number of aliphatic hydroxyl groups is 1. The SMILES string of the molecule is CC(O)(CNC(=O)[C@H](NC(=O)OCC1c2ccccc2-c2ccccc21)C(C)(C)C)CC(=O)O. The van der Waals surface area contributed by atoms with Gasteiger partial charge < -0.3 is 25.6 Å². The van der Waals surface area contributed by atoms with Crippen LogP contribution < -0.4 is 10.6 Å². The quantitative estimate of drug-likeness (QED) is 0.471. The molecular weight excluding hydrogens is 436 g/mol. The molecule has 0 heterocycles. The van der Waals surface area contributed by atoms with E-state index in [1.807, 2.05) is 48.5 Å². The average Bonchev–Trinajstić information content (AvgIpc) is 3.06. The Kier molecular flexibility index (Phi) is 7.31. The minimum absolute atomic E-state index is 0.105. The highest BCUT2D eigenvalue weighted by Crippen LogP contribution is 2.44. The number of amides is 2. The maximum atomic E-state index is 12.8. The van der Waals surface area contributed by atoms with Gasteiger partial charge in [-0.2, -0.15) is 0 Å². The number of carbonyl (C=O) groups is 3. The van der Waals surface area contributed by atoms with Crippen LogP contribution >= 0.6 is 0 Å². The fraction of sp³-hybridized carbons (Fsp3) is 0.423. The molecular formula is C26H32N2O6. The summed E-state index contributed by atoms with van der Waals surface area (Å²) in [7, 11) is 0. The Morgan fingerprint density at radius 1 is 0.971 bits per heavy atom. The molecule has 8 nitrogen and oxygen atoms in total. The molecule has 0 saturated carbocycles. The van der Waals surface area contributed by atoms with Crippen molar-refractivity contribution in [2.45, 2.75) is 51.7 Å². The van der Waals surface area contributed by atoms with E-state index in [4.69, 9.17) is 9.84 Å². The zero-order valence-electron chi connectivity index (χ0n) is 19.9. The molecule has 34 heavy (non-hydrogen) atoms. The zero-order chi connectivity index (χ0) is 25.1. The first-order valence-electron chi connectivity index (χ1n) is 11.2. The highest BCUT2D eigenvalue weighted by molar-refractivity contribution is 5.86. The third-order valence-electron chi connectivity index (χ3n) is 5.91. The number of rotatable bonds is 8. The summed E-state index contributed by atoms with van der Waals surface area (Å²) >= 11 is 0. The van der Waals surface area contributed by atoms with E-state index in [0.29, 0.717) is 0 Å². The number of carboxylic acid groups (broad SMARTS) is 1. The highest BCUT2D eigenvalue weighted by Gasteiger charge is 2.35. The summed E-state index contributed by atoms with van der Waals surface area (Å²) in [5, 5.41) is 24.2. The number of ether oxygens (including phenoxy) is 1. The maximum absolute atomic E-state index is 12.8. The Morgan fingerprint density at radius 2 is 1.50 bits per heavy atom. The van der Waals surface area contributed by atoms with Crippen LogP contribution in [0, 0.1) is 5.41 Å². The van der Waals surface area contributed by atoms with Gasteiger partial charge >= 0.3 is 12.1 Å². The molecule has 1 aliphatic carbocycles. The number of carboxylic acids is 1. The molecule has 182 valence electrons. The molecule has 0 spiro atoms. The van der Waals surface area contributed by atoms with E-state index in [0.717, 1.165) is 22.3 Å². The third-order valence-corrected chi connectivity index (χ3v) is 5.91. The van der Waals surface area contributed by atoms with Gasteiger partial charge in [-0.05, 0) is 34.6 Å². The smallest absolute Gasteiger partial charge is 0.407 e. The Labute approximate surface area is 199 Å². The molecule has 4 N–H and O–H groups in total. The van der Waals surface area contributed by atoms with E-state index in [1.165, 1.54) is 6.92 Å². The number of alkyl carbamates (subject to hydrolysis) is 1. The fourth-order valence-electron chi connectivity index (χ4n) is 4.20. The number of carbonyl (C=O) groups excluding carboxylic acids is 2. The van der Waals surface area contributed by atoms with E-state index in [9.17, 15) is 19.5 Å². The fourth-order valence-corrected chi connectivity index (χ4v) is 4.20. The van der Waals surface area contributed by atoms with Crippen molar-refractivity contribution in [2.75, 3.05) is 13.2 Å². The molecule has 8 heteroatoms. The van der Waals surface area contributed by atoms with Crippen LogP contribution in [0.5, 0.6) is 0 Å². The van der Waals surface area contributed by atoms with E-state index in [1.54, 1.807) is 20.8 Å². The molecule has 0 aromatic heterocycles. The lowest BCUT2D eigenvalue weighted by Gasteiger charge is -2.31. The van der Waals surface area contributed by atoms with Gasteiger partial charge in [0.15, 0.2) is 0 Å². The Hall–Kier alpha value is -3.39. The summed E-state index contributed by atoms with van der Waals surface area (Å²) in [5.74, 6) is -1.82. The van der Waals surface area contributed by atoms with Crippen molar-refractivity contribution in [3.05, 3.63) is 59.7 Å². The van der Waals surface area contributed by atoms with Crippen molar-refractivity contribution < 1.29 is 29.3 Å². The van der Waals surface area contributed by atoms with Crippen LogP contribution in [0.2, 0.25) is 0 Å². The molecule has 2 aromatic carbocycles. The second-order valence-corrected chi connectivity index (χ2v) is 10.1. The second kappa shape index (κ2) is 9.85. The molecule has 1 unspecified atom stereocenters. The van der Waals surface area contributed by atoms with Gasteiger partial charge in [0, 0.05) is 12.5 Å². The van der Waals surface area contributed by atoms with Crippen molar-refractivity contribution in [2.24, 2.45) is 5.41 Å². The molecule has 3 rings (SSSR count). The van der Waals surface area contributed by atoms with Gasteiger partial charge in [-0.3, -0.25) is 9.59 Å².